The van der Waals surface area contributed by atoms with Gasteiger partial charge in [-0.2, -0.15) is 0 Å². The molecule has 4 unspecified atom stereocenters. The lowest BCUT2D eigenvalue weighted by Gasteiger charge is -2.39. The van der Waals surface area contributed by atoms with Crippen LogP contribution >= 0.6 is 11.6 Å². The van der Waals surface area contributed by atoms with E-state index < -0.39 is 0 Å². The fourth-order valence-corrected chi connectivity index (χ4v) is 3.81. The number of hydrogen-bond acceptors (Lipinski definition) is 2. The molecule has 2 N–H and O–H groups in total. The van der Waals surface area contributed by atoms with Crippen LogP contribution in [-0.4, -0.2) is 23.0 Å². The Morgan fingerprint density at radius 3 is 2.60 bits per heavy atom. The SMILES string of the molecule is CCC(N)C(c1ccccc1Cl)N1C(C)CCC1CC. The van der Waals surface area contributed by atoms with Crippen molar-refractivity contribution in [3.8, 4) is 0 Å². The van der Waals surface area contributed by atoms with Crippen LogP contribution in [0.3, 0.4) is 0 Å². The Morgan fingerprint density at radius 1 is 1.30 bits per heavy atom. The zero-order valence-electron chi connectivity index (χ0n) is 12.8. The fraction of sp³-hybridized carbons (Fsp3) is 0.647. The lowest BCUT2D eigenvalue weighted by molar-refractivity contribution is 0.112. The molecule has 2 nitrogen and oxygen atoms in total. The molecule has 1 aliphatic rings. The van der Waals surface area contributed by atoms with Gasteiger partial charge in [0, 0.05) is 23.1 Å². The van der Waals surface area contributed by atoms with E-state index >= 15 is 0 Å². The Balaban J connectivity index is 2.40. The van der Waals surface area contributed by atoms with Crippen molar-refractivity contribution in [2.45, 2.75) is 70.6 Å². The summed E-state index contributed by atoms with van der Waals surface area (Å²) in [6.07, 6.45) is 4.68. The molecule has 0 bridgehead atoms. The number of nitrogens with zero attached hydrogens (tertiary/aromatic N) is 1. The third kappa shape index (κ3) is 3.03. The predicted octanol–water partition coefficient (Wildman–Crippen LogP) is 4.38. The molecule has 1 aromatic carbocycles. The largest absolute Gasteiger partial charge is 0.326 e. The van der Waals surface area contributed by atoms with E-state index in [-0.39, 0.29) is 12.1 Å². The van der Waals surface area contributed by atoms with E-state index in [0.717, 1.165) is 11.4 Å². The smallest absolute Gasteiger partial charge is 0.0519 e. The van der Waals surface area contributed by atoms with Gasteiger partial charge in [-0.15, -0.1) is 0 Å². The summed E-state index contributed by atoms with van der Waals surface area (Å²) in [6, 6.07) is 9.75. The number of rotatable bonds is 5. The summed E-state index contributed by atoms with van der Waals surface area (Å²) in [7, 11) is 0. The van der Waals surface area contributed by atoms with Gasteiger partial charge in [-0.05, 0) is 44.2 Å². The highest BCUT2D eigenvalue weighted by Crippen LogP contribution is 2.39. The minimum Gasteiger partial charge on any atom is -0.326 e. The normalized spacial score (nSPS) is 26.6. The Bertz CT molecular complexity index is 435. The first-order valence-corrected chi connectivity index (χ1v) is 8.25. The minimum atomic E-state index is 0.129. The number of nitrogens with two attached hydrogens (primary N) is 1. The van der Waals surface area contributed by atoms with Crippen LogP contribution in [0.15, 0.2) is 24.3 Å². The molecule has 0 aliphatic carbocycles. The van der Waals surface area contributed by atoms with Crippen LogP contribution in [0.1, 0.15) is 58.1 Å². The van der Waals surface area contributed by atoms with Gasteiger partial charge in [0.2, 0.25) is 0 Å². The average Bonchev–Trinajstić information content (AvgIpc) is 2.82. The second-order valence-electron chi connectivity index (χ2n) is 5.97. The molecule has 1 aromatic rings. The average molecular weight is 295 g/mol. The molecule has 1 saturated heterocycles. The van der Waals surface area contributed by atoms with E-state index in [1.807, 2.05) is 12.1 Å². The Hall–Kier alpha value is -0.570. The lowest BCUT2D eigenvalue weighted by Crippen LogP contribution is -2.46. The number of benzene rings is 1. The van der Waals surface area contributed by atoms with Crippen LogP contribution in [0, 0.1) is 0 Å². The van der Waals surface area contributed by atoms with Gasteiger partial charge < -0.3 is 5.73 Å². The maximum atomic E-state index is 6.48. The molecule has 0 spiro atoms. The summed E-state index contributed by atoms with van der Waals surface area (Å²) in [6.45, 7) is 6.76. The maximum Gasteiger partial charge on any atom is 0.0519 e. The third-order valence-electron chi connectivity index (χ3n) is 4.74. The summed E-state index contributed by atoms with van der Waals surface area (Å²) in [5, 5.41) is 0.843. The fourth-order valence-electron chi connectivity index (χ4n) is 3.56. The standard InChI is InChI=1S/C17H27ClN2/c1-4-13-11-10-12(3)20(13)17(16(19)5-2)14-8-6-7-9-15(14)18/h6-9,12-13,16-17H,4-5,10-11,19H2,1-3H3. The lowest BCUT2D eigenvalue weighted by atomic mass is 9.94. The van der Waals surface area contributed by atoms with Gasteiger partial charge in [-0.1, -0.05) is 43.6 Å². The molecule has 0 aromatic heterocycles. The summed E-state index contributed by atoms with van der Waals surface area (Å²) < 4.78 is 0. The molecular weight excluding hydrogens is 268 g/mol. The molecule has 1 heterocycles. The van der Waals surface area contributed by atoms with Crippen molar-refractivity contribution in [3.05, 3.63) is 34.9 Å². The first kappa shape index (κ1) is 15.8. The van der Waals surface area contributed by atoms with E-state index in [0.29, 0.717) is 12.1 Å². The van der Waals surface area contributed by atoms with Gasteiger partial charge in [0.05, 0.1) is 6.04 Å². The van der Waals surface area contributed by atoms with Gasteiger partial charge >= 0.3 is 0 Å². The molecule has 4 atom stereocenters. The molecule has 3 heteroatoms. The van der Waals surface area contributed by atoms with Crippen molar-refractivity contribution in [3.63, 3.8) is 0 Å². The molecule has 1 fully saturated rings. The molecule has 112 valence electrons. The Kier molecular flexibility index (Phi) is 5.48. The van der Waals surface area contributed by atoms with Gasteiger partial charge in [0.15, 0.2) is 0 Å². The molecule has 0 saturated carbocycles. The van der Waals surface area contributed by atoms with E-state index in [1.54, 1.807) is 0 Å². The van der Waals surface area contributed by atoms with Crippen molar-refractivity contribution in [1.29, 1.82) is 0 Å². The number of likely N-dealkylation sites (tertiary alicyclic amines) is 1. The van der Waals surface area contributed by atoms with Gasteiger partial charge in [0.1, 0.15) is 0 Å². The Morgan fingerprint density at radius 2 is 2.00 bits per heavy atom. The minimum absolute atomic E-state index is 0.129. The zero-order valence-corrected chi connectivity index (χ0v) is 13.6. The topological polar surface area (TPSA) is 29.3 Å². The summed E-state index contributed by atoms with van der Waals surface area (Å²) >= 11 is 6.45. The van der Waals surface area contributed by atoms with E-state index in [4.69, 9.17) is 17.3 Å². The Labute approximate surface area is 128 Å². The summed E-state index contributed by atoms with van der Waals surface area (Å²) in [5.74, 6) is 0. The first-order valence-electron chi connectivity index (χ1n) is 7.87. The van der Waals surface area contributed by atoms with Gasteiger partial charge in [-0.3, -0.25) is 4.90 Å². The van der Waals surface area contributed by atoms with Crippen LogP contribution in [0.2, 0.25) is 5.02 Å². The van der Waals surface area contributed by atoms with Crippen LogP contribution in [0.25, 0.3) is 0 Å². The quantitative estimate of drug-likeness (QED) is 0.873. The van der Waals surface area contributed by atoms with Crippen LogP contribution < -0.4 is 5.73 Å². The molecule has 20 heavy (non-hydrogen) atoms. The van der Waals surface area contributed by atoms with Crippen molar-refractivity contribution >= 4 is 11.6 Å². The number of hydrogen-bond donors (Lipinski definition) is 1. The van der Waals surface area contributed by atoms with Crippen LogP contribution in [-0.2, 0) is 0 Å². The highest BCUT2D eigenvalue weighted by Gasteiger charge is 2.38. The third-order valence-corrected chi connectivity index (χ3v) is 5.09. The molecule has 0 radical (unpaired) electrons. The van der Waals surface area contributed by atoms with E-state index in [9.17, 15) is 0 Å². The highest BCUT2D eigenvalue weighted by atomic mass is 35.5. The molecule has 2 rings (SSSR count). The molecule has 0 amide bonds. The van der Waals surface area contributed by atoms with Crippen molar-refractivity contribution in [1.82, 2.24) is 4.90 Å². The van der Waals surface area contributed by atoms with Gasteiger partial charge in [0.25, 0.3) is 0 Å². The van der Waals surface area contributed by atoms with Crippen molar-refractivity contribution in [2.24, 2.45) is 5.73 Å². The first-order chi connectivity index (χ1) is 9.60. The van der Waals surface area contributed by atoms with Crippen molar-refractivity contribution in [2.75, 3.05) is 0 Å². The van der Waals surface area contributed by atoms with Crippen molar-refractivity contribution < 1.29 is 0 Å². The van der Waals surface area contributed by atoms with Crippen LogP contribution in [0.5, 0.6) is 0 Å². The number of halogens is 1. The summed E-state index contributed by atoms with van der Waals surface area (Å²) in [5.41, 5.74) is 7.67. The monoisotopic (exact) mass is 294 g/mol. The van der Waals surface area contributed by atoms with Crippen LogP contribution in [0.4, 0.5) is 0 Å². The van der Waals surface area contributed by atoms with E-state index in [1.165, 1.54) is 24.8 Å². The molecule has 1 aliphatic heterocycles. The van der Waals surface area contributed by atoms with E-state index in [2.05, 4.69) is 37.8 Å². The summed E-state index contributed by atoms with van der Waals surface area (Å²) in [4.78, 5) is 2.62. The predicted molar refractivity (Wildman–Crippen MR) is 87.1 cm³/mol. The maximum absolute atomic E-state index is 6.48. The zero-order chi connectivity index (χ0) is 14.7. The second kappa shape index (κ2) is 6.93. The van der Waals surface area contributed by atoms with Gasteiger partial charge in [-0.25, -0.2) is 0 Å². The molecular formula is C17H27ClN2. The second-order valence-corrected chi connectivity index (χ2v) is 6.38. The highest BCUT2D eigenvalue weighted by molar-refractivity contribution is 6.31.